The van der Waals surface area contributed by atoms with Crippen LogP contribution in [0.15, 0.2) is 41.8 Å². The summed E-state index contributed by atoms with van der Waals surface area (Å²) in [6.45, 7) is 0. The lowest BCUT2D eigenvalue weighted by Gasteiger charge is -2.02. The highest BCUT2D eigenvalue weighted by Gasteiger charge is 2.20. The molecule has 2 aromatic rings. The van der Waals surface area contributed by atoms with Crippen LogP contribution >= 0.6 is 0 Å². The second-order valence-corrected chi connectivity index (χ2v) is 5.35. The van der Waals surface area contributed by atoms with E-state index in [0.717, 1.165) is 5.56 Å². The molecular weight excluding hydrogens is 226 g/mol. The zero-order chi connectivity index (χ0) is 11.6. The van der Waals surface area contributed by atoms with E-state index in [-0.39, 0.29) is 10.9 Å². The van der Waals surface area contributed by atoms with Crippen molar-refractivity contribution in [3.8, 4) is 0 Å². The first kappa shape index (κ1) is 10.8. The van der Waals surface area contributed by atoms with Crippen LogP contribution in [0.2, 0.25) is 0 Å². The monoisotopic (exact) mass is 237 g/mol. The maximum absolute atomic E-state index is 12.0. The number of hydrogen-bond acceptors (Lipinski definition) is 4. The first-order valence-electron chi connectivity index (χ1n) is 4.70. The Morgan fingerprint density at radius 2 is 1.94 bits per heavy atom. The maximum Gasteiger partial charge on any atom is 0.249 e. The van der Waals surface area contributed by atoms with Gasteiger partial charge in [0, 0.05) is 7.05 Å². The first-order valence-corrected chi connectivity index (χ1v) is 6.35. The number of aromatic nitrogens is 3. The average molecular weight is 237 g/mol. The summed E-state index contributed by atoms with van der Waals surface area (Å²) < 4.78 is 25.3. The molecule has 0 fully saturated rings. The molecule has 0 amide bonds. The lowest BCUT2D eigenvalue weighted by atomic mass is 10.2. The van der Waals surface area contributed by atoms with Crippen molar-refractivity contribution in [2.24, 2.45) is 7.05 Å². The van der Waals surface area contributed by atoms with Crippen molar-refractivity contribution in [3.63, 3.8) is 0 Å². The summed E-state index contributed by atoms with van der Waals surface area (Å²) in [6.07, 6.45) is 1.37. The van der Waals surface area contributed by atoms with Crippen LogP contribution in [0.25, 0.3) is 0 Å². The second-order valence-electron chi connectivity index (χ2n) is 3.47. The highest BCUT2D eigenvalue weighted by atomic mass is 32.2. The van der Waals surface area contributed by atoms with Gasteiger partial charge in [-0.05, 0) is 5.56 Å². The van der Waals surface area contributed by atoms with E-state index < -0.39 is 9.84 Å². The molecule has 84 valence electrons. The maximum atomic E-state index is 12.0. The van der Waals surface area contributed by atoms with Crippen LogP contribution < -0.4 is 0 Å². The fraction of sp³-hybridized carbons (Fsp3) is 0.200. The van der Waals surface area contributed by atoms with Gasteiger partial charge in [0.15, 0.2) is 0 Å². The SMILES string of the molecule is Cn1cnnc1S(=O)(=O)Cc1ccccc1. The van der Waals surface area contributed by atoms with E-state index in [4.69, 9.17) is 0 Å². The van der Waals surface area contributed by atoms with Gasteiger partial charge < -0.3 is 4.57 Å². The Balaban J connectivity index is 2.32. The predicted octanol–water partition coefficient (Wildman–Crippen LogP) is 0.789. The molecule has 16 heavy (non-hydrogen) atoms. The smallest absolute Gasteiger partial charge is 0.249 e. The fourth-order valence-corrected chi connectivity index (χ4v) is 2.83. The fourth-order valence-electron chi connectivity index (χ4n) is 1.41. The van der Waals surface area contributed by atoms with E-state index in [9.17, 15) is 8.42 Å². The third-order valence-corrected chi connectivity index (χ3v) is 3.79. The summed E-state index contributed by atoms with van der Waals surface area (Å²) >= 11 is 0. The van der Waals surface area contributed by atoms with Gasteiger partial charge in [-0.25, -0.2) is 8.42 Å². The minimum absolute atomic E-state index is 0.00338. The summed E-state index contributed by atoms with van der Waals surface area (Å²) in [4.78, 5) is 0. The van der Waals surface area contributed by atoms with E-state index in [2.05, 4.69) is 10.2 Å². The molecule has 1 aromatic carbocycles. The normalized spacial score (nSPS) is 11.6. The largest absolute Gasteiger partial charge is 0.308 e. The van der Waals surface area contributed by atoms with Crippen LogP contribution in [0, 0.1) is 0 Å². The van der Waals surface area contributed by atoms with E-state index in [1.807, 2.05) is 18.2 Å². The van der Waals surface area contributed by atoms with Gasteiger partial charge in [0.1, 0.15) is 6.33 Å². The molecule has 0 saturated heterocycles. The summed E-state index contributed by atoms with van der Waals surface area (Å²) in [5.74, 6) is -0.0552. The van der Waals surface area contributed by atoms with Gasteiger partial charge in [-0.15, -0.1) is 10.2 Å². The Morgan fingerprint density at radius 1 is 1.25 bits per heavy atom. The van der Waals surface area contributed by atoms with Gasteiger partial charge in [0.25, 0.3) is 0 Å². The van der Waals surface area contributed by atoms with Crippen LogP contribution in [-0.4, -0.2) is 23.2 Å². The predicted molar refractivity (Wildman–Crippen MR) is 58.3 cm³/mol. The molecule has 0 radical (unpaired) electrons. The molecule has 0 aliphatic heterocycles. The number of nitrogens with zero attached hydrogens (tertiary/aromatic N) is 3. The minimum atomic E-state index is -3.41. The Morgan fingerprint density at radius 3 is 2.50 bits per heavy atom. The van der Waals surface area contributed by atoms with Crippen molar-refractivity contribution in [3.05, 3.63) is 42.2 Å². The summed E-state index contributed by atoms with van der Waals surface area (Å²) in [5, 5.41) is 7.17. The molecular formula is C10H11N3O2S. The molecule has 5 nitrogen and oxygen atoms in total. The van der Waals surface area contributed by atoms with E-state index in [1.54, 1.807) is 19.2 Å². The molecule has 1 aromatic heterocycles. The summed E-state index contributed by atoms with van der Waals surface area (Å²) in [7, 11) is -1.80. The zero-order valence-electron chi connectivity index (χ0n) is 8.74. The molecule has 0 spiro atoms. The molecule has 0 bridgehead atoms. The van der Waals surface area contributed by atoms with Gasteiger partial charge in [-0.3, -0.25) is 0 Å². The van der Waals surface area contributed by atoms with Crippen LogP contribution in [0.4, 0.5) is 0 Å². The first-order chi connectivity index (χ1) is 7.59. The molecule has 1 heterocycles. The second kappa shape index (κ2) is 4.05. The lowest BCUT2D eigenvalue weighted by Crippen LogP contribution is -2.10. The lowest BCUT2D eigenvalue weighted by molar-refractivity contribution is 0.577. The van der Waals surface area contributed by atoms with Crippen molar-refractivity contribution < 1.29 is 8.42 Å². The molecule has 0 N–H and O–H groups in total. The highest BCUT2D eigenvalue weighted by molar-refractivity contribution is 7.90. The Labute approximate surface area is 93.7 Å². The number of benzene rings is 1. The van der Waals surface area contributed by atoms with E-state index >= 15 is 0 Å². The molecule has 0 saturated carbocycles. The zero-order valence-corrected chi connectivity index (χ0v) is 9.55. The molecule has 0 aliphatic carbocycles. The molecule has 0 aliphatic rings. The van der Waals surface area contributed by atoms with E-state index in [1.165, 1.54) is 10.9 Å². The van der Waals surface area contributed by atoms with Crippen molar-refractivity contribution in [1.82, 2.24) is 14.8 Å². The molecule has 0 unspecified atom stereocenters. The van der Waals surface area contributed by atoms with Crippen LogP contribution in [0.3, 0.4) is 0 Å². The third-order valence-electron chi connectivity index (χ3n) is 2.15. The third kappa shape index (κ3) is 2.11. The molecule has 6 heteroatoms. The Kier molecular flexibility index (Phi) is 2.74. The highest BCUT2D eigenvalue weighted by Crippen LogP contribution is 2.12. The minimum Gasteiger partial charge on any atom is -0.308 e. The van der Waals surface area contributed by atoms with Crippen molar-refractivity contribution >= 4 is 9.84 Å². The van der Waals surface area contributed by atoms with Crippen molar-refractivity contribution in [2.75, 3.05) is 0 Å². The van der Waals surface area contributed by atoms with Gasteiger partial charge in [0.2, 0.25) is 15.0 Å². The summed E-state index contributed by atoms with van der Waals surface area (Å²) in [5.41, 5.74) is 0.741. The van der Waals surface area contributed by atoms with E-state index in [0.29, 0.717) is 0 Å². The van der Waals surface area contributed by atoms with Crippen LogP contribution in [0.5, 0.6) is 0 Å². The van der Waals surface area contributed by atoms with Crippen molar-refractivity contribution in [2.45, 2.75) is 10.9 Å². The molecule has 0 atom stereocenters. The van der Waals surface area contributed by atoms with Gasteiger partial charge in [-0.1, -0.05) is 30.3 Å². The number of rotatable bonds is 3. The van der Waals surface area contributed by atoms with Gasteiger partial charge in [-0.2, -0.15) is 0 Å². The van der Waals surface area contributed by atoms with Gasteiger partial charge in [0.05, 0.1) is 5.75 Å². The number of sulfone groups is 1. The average Bonchev–Trinajstić information content (AvgIpc) is 2.66. The number of aryl methyl sites for hydroxylation is 1. The topological polar surface area (TPSA) is 64.8 Å². The van der Waals surface area contributed by atoms with Crippen LogP contribution in [-0.2, 0) is 22.6 Å². The van der Waals surface area contributed by atoms with Gasteiger partial charge >= 0.3 is 0 Å². The standard InChI is InChI=1S/C10H11N3O2S/c1-13-8-11-12-10(13)16(14,15)7-9-5-3-2-4-6-9/h2-6,8H,7H2,1H3. The Hall–Kier alpha value is -1.69. The number of hydrogen-bond donors (Lipinski definition) is 0. The summed E-state index contributed by atoms with van der Waals surface area (Å²) in [6, 6.07) is 9.00. The van der Waals surface area contributed by atoms with Crippen molar-refractivity contribution in [1.29, 1.82) is 0 Å². The van der Waals surface area contributed by atoms with Crippen LogP contribution in [0.1, 0.15) is 5.56 Å². The quantitative estimate of drug-likeness (QED) is 0.791. The Bertz CT molecular complexity index is 575. The molecule has 2 rings (SSSR count).